The van der Waals surface area contributed by atoms with E-state index in [1.165, 1.54) is 193 Å². The van der Waals surface area contributed by atoms with E-state index < -0.39 is 5.60 Å². The monoisotopic (exact) mass is 835 g/mol. The molecule has 0 saturated carbocycles. The summed E-state index contributed by atoms with van der Waals surface area (Å²) in [6, 6.07) is 0. The molecule has 2 nitrogen and oxygen atoms in total. The summed E-state index contributed by atoms with van der Waals surface area (Å²) < 4.78 is 6.55. The van der Waals surface area contributed by atoms with Crippen LogP contribution in [0.4, 0.5) is 0 Å². The Morgan fingerprint density at radius 3 is 0.900 bits per heavy atom. The highest BCUT2D eigenvalue weighted by Crippen LogP contribution is 2.31. The van der Waals surface area contributed by atoms with Crippen molar-refractivity contribution in [1.29, 1.82) is 0 Å². The maximum atomic E-state index is 12.2. The normalized spacial score (nSPS) is 14.2. The van der Waals surface area contributed by atoms with E-state index >= 15 is 0 Å². The molecule has 0 aromatic carbocycles. The van der Waals surface area contributed by atoms with E-state index in [9.17, 15) is 5.11 Å². The maximum Gasteiger partial charge on any atom is 0.0908 e. The lowest BCUT2D eigenvalue weighted by Crippen LogP contribution is -2.44. The van der Waals surface area contributed by atoms with Gasteiger partial charge in [0.25, 0.3) is 0 Å². The molecule has 0 aliphatic heterocycles. The second kappa shape index (κ2) is 50.0. The molecule has 0 fully saturated rings. The third kappa shape index (κ3) is 43.0. The van der Waals surface area contributed by atoms with Gasteiger partial charge in [0.15, 0.2) is 0 Å². The van der Waals surface area contributed by atoms with Crippen molar-refractivity contribution < 1.29 is 9.84 Å². The molecule has 0 heterocycles. The summed E-state index contributed by atoms with van der Waals surface area (Å²) in [4.78, 5) is 0. The van der Waals surface area contributed by atoms with E-state index in [-0.39, 0.29) is 6.10 Å². The highest BCUT2D eigenvalue weighted by Gasteiger charge is 2.35. The molecule has 0 bridgehead atoms. The quantitative estimate of drug-likeness (QED) is 0.0489. The van der Waals surface area contributed by atoms with Crippen molar-refractivity contribution in [1.82, 2.24) is 0 Å². The highest BCUT2D eigenvalue weighted by molar-refractivity contribution is 4.94. The Labute approximate surface area is 377 Å². The van der Waals surface area contributed by atoms with E-state index in [1.807, 2.05) is 0 Å². The average molecular weight is 835 g/mol. The lowest BCUT2D eigenvalue weighted by atomic mass is 9.83. The zero-order chi connectivity index (χ0) is 43.6. The summed E-state index contributed by atoms with van der Waals surface area (Å²) >= 11 is 0. The van der Waals surface area contributed by atoms with Crippen LogP contribution in [0.25, 0.3) is 0 Å². The van der Waals surface area contributed by atoms with Crippen LogP contribution in [0, 0.1) is 0 Å². The summed E-state index contributed by atoms with van der Waals surface area (Å²) in [5.74, 6) is 0. The fraction of sp³-hybridized carbons (Fsp3) is 0.793. The van der Waals surface area contributed by atoms with Gasteiger partial charge in [-0.05, 0) is 122 Å². The Bertz CT molecular complexity index is 950. The average Bonchev–Trinajstić information content (AvgIpc) is 3.25. The number of unbranched alkanes of at least 4 members (excludes halogenated alkanes) is 27. The lowest BCUT2D eigenvalue weighted by molar-refractivity contribution is -0.121. The Kier molecular flexibility index (Phi) is 48.6. The molecule has 0 aromatic rings. The molecule has 1 unspecified atom stereocenters. The number of hydrogen-bond acceptors (Lipinski definition) is 2. The van der Waals surface area contributed by atoms with Gasteiger partial charge in [-0.15, -0.1) is 0 Å². The van der Waals surface area contributed by atoms with Crippen molar-refractivity contribution in [2.75, 3.05) is 6.61 Å². The van der Waals surface area contributed by atoms with E-state index in [2.05, 4.69) is 101 Å². The van der Waals surface area contributed by atoms with Crippen molar-refractivity contribution in [3.63, 3.8) is 0 Å². The van der Waals surface area contributed by atoms with Crippen LogP contribution in [0.3, 0.4) is 0 Å². The lowest BCUT2D eigenvalue weighted by Gasteiger charge is -2.36. The smallest absolute Gasteiger partial charge is 0.0908 e. The van der Waals surface area contributed by atoms with E-state index in [1.54, 1.807) is 0 Å². The second-order valence-electron chi connectivity index (χ2n) is 18.1. The van der Waals surface area contributed by atoms with Crippen molar-refractivity contribution in [3.8, 4) is 0 Å². The van der Waals surface area contributed by atoms with Crippen LogP contribution in [0.1, 0.15) is 278 Å². The Morgan fingerprint density at radius 2 is 0.600 bits per heavy atom. The molecule has 1 N–H and O–H groups in total. The van der Waals surface area contributed by atoms with Crippen molar-refractivity contribution >= 4 is 0 Å². The van der Waals surface area contributed by atoms with Crippen LogP contribution in [0.15, 0.2) is 72.9 Å². The molecule has 2 heteroatoms. The summed E-state index contributed by atoms with van der Waals surface area (Å²) in [6.45, 7) is 9.83. The molecule has 1 atom stereocenters. The van der Waals surface area contributed by atoms with Crippen LogP contribution < -0.4 is 0 Å². The molecular formula is C58H106O2. The minimum atomic E-state index is -0.683. The first kappa shape index (κ1) is 58.4. The minimum absolute atomic E-state index is 0.0357. The Morgan fingerprint density at radius 1 is 0.333 bits per heavy atom. The number of hydrogen-bond donors (Lipinski definition) is 1. The summed E-state index contributed by atoms with van der Waals surface area (Å²) in [6.07, 6.45) is 76.2. The summed E-state index contributed by atoms with van der Waals surface area (Å²) in [5, 5.41) is 12.2. The molecule has 0 saturated heterocycles. The first-order valence-corrected chi connectivity index (χ1v) is 26.9. The molecule has 0 rings (SSSR count). The van der Waals surface area contributed by atoms with Crippen molar-refractivity contribution in [2.24, 2.45) is 0 Å². The molecule has 350 valence electrons. The minimum Gasteiger partial charge on any atom is -0.387 e. The van der Waals surface area contributed by atoms with Gasteiger partial charge in [0.05, 0.1) is 11.7 Å². The Balaban J connectivity index is 4.49. The number of allylic oxidation sites excluding steroid dienone is 12. The third-order valence-electron chi connectivity index (χ3n) is 12.3. The van der Waals surface area contributed by atoms with E-state index in [0.717, 1.165) is 64.4 Å². The SMILES string of the molecule is CCCCCC=CCC=CCCCCCCCCOC(CC)C(O)(CCCCCCCCC=CCC=CCCCCC)CCCCCCCCC=CCC=CCCCCC. The van der Waals surface area contributed by atoms with E-state index in [4.69, 9.17) is 4.74 Å². The maximum absolute atomic E-state index is 12.2. The van der Waals surface area contributed by atoms with Gasteiger partial charge in [-0.1, -0.05) is 229 Å². The molecule has 0 amide bonds. The topological polar surface area (TPSA) is 29.5 Å². The summed E-state index contributed by atoms with van der Waals surface area (Å²) in [7, 11) is 0. The number of rotatable bonds is 48. The van der Waals surface area contributed by atoms with Gasteiger partial charge in [-0.25, -0.2) is 0 Å². The van der Waals surface area contributed by atoms with Gasteiger partial charge < -0.3 is 9.84 Å². The van der Waals surface area contributed by atoms with Crippen LogP contribution >= 0.6 is 0 Å². The molecule has 0 aromatic heterocycles. The molecule has 0 spiro atoms. The van der Waals surface area contributed by atoms with Crippen LogP contribution in [0.5, 0.6) is 0 Å². The first-order valence-electron chi connectivity index (χ1n) is 26.9. The summed E-state index contributed by atoms with van der Waals surface area (Å²) in [5.41, 5.74) is -0.683. The van der Waals surface area contributed by atoms with Gasteiger partial charge in [0, 0.05) is 6.61 Å². The van der Waals surface area contributed by atoms with Crippen LogP contribution in [-0.4, -0.2) is 23.4 Å². The zero-order valence-corrected chi connectivity index (χ0v) is 41.1. The molecular weight excluding hydrogens is 729 g/mol. The fourth-order valence-electron chi connectivity index (χ4n) is 8.25. The van der Waals surface area contributed by atoms with Crippen molar-refractivity contribution in [3.05, 3.63) is 72.9 Å². The fourth-order valence-corrected chi connectivity index (χ4v) is 8.25. The van der Waals surface area contributed by atoms with E-state index in [0.29, 0.717) is 0 Å². The molecule has 0 aliphatic rings. The van der Waals surface area contributed by atoms with Gasteiger partial charge in [0.1, 0.15) is 0 Å². The largest absolute Gasteiger partial charge is 0.387 e. The molecule has 0 radical (unpaired) electrons. The predicted molar refractivity (Wildman–Crippen MR) is 272 cm³/mol. The standard InChI is InChI=1S/C58H106O2/c1-5-9-12-15-18-21-24-27-30-33-36-39-42-45-48-51-54-58(59,55-52-49-46-43-40-37-34-31-28-25-22-19-16-13-10-6-2)57(8-4)60-56-53-50-47-44-41-38-35-32-29-26-23-20-17-14-11-7-3/h18-23,27-32,57,59H,5-17,24-26,33-56H2,1-4H3. The predicted octanol–water partition coefficient (Wildman–Crippen LogP) is 19.7. The van der Waals surface area contributed by atoms with Gasteiger partial charge in [-0.3, -0.25) is 0 Å². The highest BCUT2D eigenvalue weighted by atomic mass is 16.5. The molecule has 0 aliphatic carbocycles. The second-order valence-corrected chi connectivity index (χ2v) is 18.1. The van der Waals surface area contributed by atoms with Crippen LogP contribution in [-0.2, 0) is 4.74 Å². The van der Waals surface area contributed by atoms with Gasteiger partial charge in [0.2, 0.25) is 0 Å². The first-order chi connectivity index (χ1) is 29.6. The number of ether oxygens (including phenoxy) is 1. The van der Waals surface area contributed by atoms with Gasteiger partial charge in [-0.2, -0.15) is 0 Å². The number of aliphatic hydroxyl groups is 1. The molecule has 60 heavy (non-hydrogen) atoms. The zero-order valence-electron chi connectivity index (χ0n) is 41.1. The Hall–Kier alpha value is -1.64. The van der Waals surface area contributed by atoms with Gasteiger partial charge >= 0.3 is 0 Å². The van der Waals surface area contributed by atoms with Crippen LogP contribution in [0.2, 0.25) is 0 Å². The third-order valence-corrected chi connectivity index (χ3v) is 12.3. The van der Waals surface area contributed by atoms with Crippen molar-refractivity contribution in [2.45, 2.75) is 290 Å².